The van der Waals surface area contributed by atoms with E-state index in [0.29, 0.717) is 13.0 Å². The molecule has 2 unspecified atom stereocenters. The standard InChI is InChI=1S/C20H23N3O2S2/c1-11(13-7-17(24)21-8-13)25-15-6-12(5-14-18(15)26-10-23-14)16-9-22-19(27-16)20(2,3)4/h5-6,9-11,13H,7-8H2,1-4H3,(H,21,24). The summed E-state index contributed by atoms with van der Waals surface area (Å²) in [6, 6.07) is 4.19. The highest BCUT2D eigenvalue weighted by Crippen LogP contribution is 2.39. The number of thiazole rings is 2. The molecule has 0 spiro atoms. The molecule has 1 aromatic carbocycles. The summed E-state index contributed by atoms with van der Waals surface area (Å²) in [5.74, 6) is 1.13. The molecular weight excluding hydrogens is 378 g/mol. The number of hydrogen-bond acceptors (Lipinski definition) is 6. The number of rotatable bonds is 4. The average molecular weight is 402 g/mol. The van der Waals surface area contributed by atoms with Gasteiger partial charge >= 0.3 is 0 Å². The number of hydrogen-bond donors (Lipinski definition) is 1. The van der Waals surface area contributed by atoms with Gasteiger partial charge in [0.25, 0.3) is 0 Å². The molecule has 0 radical (unpaired) electrons. The Bertz CT molecular complexity index is 987. The second kappa shape index (κ2) is 6.87. The van der Waals surface area contributed by atoms with Gasteiger partial charge in [-0.25, -0.2) is 9.97 Å². The number of nitrogens with zero attached hydrogens (tertiary/aromatic N) is 2. The lowest BCUT2D eigenvalue weighted by atomic mass is 9.98. The summed E-state index contributed by atoms with van der Waals surface area (Å²) in [5.41, 5.74) is 3.89. The first-order chi connectivity index (χ1) is 12.8. The largest absolute Gasteiger partial charge is 0.489 e. The van der Waals surface area contributed by atoms with Gasteiger partial charge in [0.2, 0.25) is 5.91 Å². The molecular formula is C20H23N3O2S2. The van der Waals surface area contributed by atoms with Crippen molar-refractivity contribution < 1.29 is 9.53 Å². The third kappa shape index (κ3) is 3.71. The third-order valence-electron chi connectivity index (χ3n) is 4.82. The van der Waals surface area contributed by atoms with Crippen molar-refractivity contribution >= 4 is 38.8 Å². The number of carbonyl (C=O) groups excluding carboxylic acids is 1. The predicted molar refractivity (Wildman–Crippen MR) is 111 cm³/mol. The molecule has 3 heterocycles. The summed E-state index contributed by atoms with van der Waals surface area (Å²) in [6.07, 6.45) is 2.42. The Balaban J connectivity index is 1.67. The van der Waals surface area contributed by atoms with E-state index in [0.717, 1.165) is 31.4 Å². The molecule has 0 saturated carbocycles. The minimum Gasteiger partial charge on any atom is -0.489 e. The summed E-state index contributed by atoms with van der Waals surface area (Å²) in [4.78, 5) is 21.7. The quantitative estimate of drug-likeness (QED) is 0.693. The lowest BCUT2D eigenvalue weighted by Gasteiger charge is -2.20. The van der Waals surface area contributed by atoms with Crippen LogP contribution in [0.15, 0.2) is 23.8 Å². The molecule has 5 nitrogen and oxygen atoms in total. The predicted octanol–water partition coefficient (Wildman–Crippen LogP) is 4.62. The topological polar surface area (TPSA) is 64.1 Å². The van der Waals surface area contributed by atoms with Crippen LogP contribution >= 0.6 is 22.7 Å². The van der Waals surface area contributed by atoms with Crippen molar-refractivity contribution in [2.24, 2.45) is 5.92 Å². The van der Waals surface area contributed by atoms with Crippen LogP contribution in [0.1, 0.15) is 39.1 Å². The van der Waals surface area contributed by atoms with Gasteiger partial charge in [-0.2, -0.15) is 0 Å². The van der Waals surface area contributed by atoms with Crippen molar-refractivity contribution in [3.05, 3.63) is 28.8 Å². The second-order valence-corrected chi connectivity index (χ2v) is 9.93. The van der Waals surface area contributed by atoms with Gasteiger partial charge in [-0.05, 0) is 24.6 Å². The fourth-order valence-corrected chi connectivity index (χ4v) is 4.87. The molecule has 1 N–H and O–H groups in total. The molecule has 2 atom stereocenters. The van der Waals surface area contributed by atoms with Crippen LogP contribution < -0.4 is 10.1 Å². The van der Waals surface area contributed by atoms with Gasteiger partial charge in [0.15, 0.2) is 0 Å². The van der Waals surface area contributed by atoms with Crippen molar-refractivity contribution in [2.45, 2.75) is 45.6 Å². The summed E-state index contributed by atoms with van der Waals surface area (Å²) >= 11 is 3.29. The zero-order chi connectivity index (χ0) is 19.2. The summed E-state index contributed by atoms with van der Waals surface area (Å²) < 4.78 is 7.36. The van der Waals surface area contributed by atoms with Crippen LogP contribution in [-0.4, -0.2) is 28.5 Å². The molecule has 0 aliphatic carbocycles. The highest BCUT2D eigenvalue weighted by Gasteiger charge is 2.28. The Kier molecular flexibility index (Phi) is 4.68. The first-order valence-electron chi connectivity index (χ1n) is 9.08. The third-order valence-corrected chi connectivity index (χ3v) is 7.14. The highest BCUT2D eigenvalue weighted by atomic mass is 32.1. The molecule has 3 aromatic rings. The SMILES string of the molecule is CC(Oc1cc(-c2cnc(C(C)(C)C)s2)cc2ncsc12)C1CNC(=O)C1. The maximum absolute atomic E-state index is 11.5. The van der Waals surface area contributed by atoms with E-state index in [-0.39, 0.29) is 23.3 Å². The minimum atomic E-state index is -0.0453. The number of fused-ring (bicyclic) bond motifs is 1. The molecule has 142 valence electrons. The fourth-order valence-electron chi connectivity index (χ4n) is 3.18. The molecule has 4 rings (SSSR count). The normalized spacial score (nSPS) is 18.7. The van der Waals surface area contributed by atoms with E-state index >= 15 is 0 Å². The van der Waals surface area contributed by atoms with Crippen molar-refractivity contribution in [1.82, 2.24) is 15.3 Å². The second-order valence-electron chi connectivity index (χ2n) is 8.05. The molecule has 27 heavy (non-hydrogen) atoms. The maximum atomic E-state index is 11.5. The van der Waals surface area contributed by atoms with E-state index in [2.05, 4.69) is 48.2 Å². The number of benzene rings is 1. The average Bonchev–Trinajstić information content (AvgIpc) is 3.33. The Morgan fingerprint density at radius 1 is 1.30 bits per heavy atom. The van der Waals surface area contributed by atoms with E-state index in [4.69, 9.17) is 4.74 Å². The Labute approximate surface area is 166 Å². The van der Waals surface area contributed by atoms with Gasteiger partial charge in [-0.3, -0.25) is 4.79 Å². The van der Waals surface area contributed by atoms with Gasteiger partial charge in [0, 0.05) is 30.5 Å². The molecule has 1 fully saturated rings. The van der Waals surface area contributed by atoms with E-state index in [1.54, 1.807) is 22.7 Å². The molecule has 1 aliphatic heterocycles. The number of carbonyl (C=O) groups is 1. The smallest absolute Gasteiger partial charge is 0.220 e. The fraction of sp³-hybridized carbons (Fsp3) is 0.450. The Morgan fingerprint density at radius 3 is 2.78 bits per heavy atom. The van der Waals surface area contributed by atoms with Crippen molar-refractivity contribution in [3.8, 4) is 16.2 Å². The van der Waals surface area contributed by atoms with Gasteiger partial charge in [-0.1, -0.05) is 20.8 Å². The maximum Gasteiger partial charge on any atom is 0.220 e. The molecule has 7 heteroatoms. The van der Waals surface area contributed by atoms with Crippen LogP contribution in [0.5, 0.6) is 5.75 Å². The van der Waals surface area contributed by atoms with Crippen LogP contribution in [0, 0.1) is 5.92 Å². The van der Waals surface area contributed by atoms with Crippen LogP contribution in [-0.2, 0) is 10.2 Å². The van der Waals surface area contributed by atoms with Crippen LogP contribution in [0.3, 0.4) is 0 Å². The molecule has 1 aliphatic rings. The van der Waals surface area contributed by atoms with Crippen molar-refractivity contribution in [1.29, 1.82) is 0 Å². The van der Waals surface area contributed by atoms with Gasteiger partial charge in [0.1, 0.15) is 11.9 Å². The number of nitrogens with one attached hydrogen (secondary N) is 1. The zero-order valence-electron chi connectivity index (χ0n) is 15.9. The molecule has 0 bridgehead atoms. The summed E-state index contributed by atoms with van der Waals surface area (Å²) in [7, 11) is 0. The van der Waals surface area contributed by atoms with Gasteiger partial charge in [-0.15, -0.1) is 22.7 Å². The van der Waals surface area contributed by atoms with Crippen LogP contribution in [0.25, 0.3) is 20.7 Å². The Hall–Kier alpha value is -1.99. The van der Waals surface area contributed by atoms with E-state index in [1.807, 2.05) is 18.6 Å². The van der Waals surface area contributed by atoms with Crippen LogP contribution in [0.4, 0.5) is 0 Å². The summed E-state index contributed by atoms with van der Waals surface area (Å²) in [5, 5.41) is 4.00. The lowest BCUT2D eigenvalue weighted by Crippen LogP contribution is -2.25. The zero-order valence-corrected chi connectivity index (χ0v) is 17.5. The van der Waals surface area contributed by atoms with Gasteiger partial charge in [0.05, 0.1) is 25.6 Å². The summed E-state index contributed by atoms with van der Waals surface area (Å²) in [6.45, 7) is 9.23. The first-order valence-corrected chi connectivity index (χ1v) is 10.8. The van der Waals surface area contributed by atoms with Crippen LogP contribution in [0.2, 0.25) is 0 Å². The van der Waals surface area contributed by atoms with E-state index in [9.17, 15) is 4.79 Å². The van der Waals surface area contributed by atoms with Crippen molar-refractivity contribution in [2.75, 3.05) is 6.54 Å². The molecule has 2 aromatic heterocycles. The number of aromatic nitrogens is 2. The van der Waals surface area contributed by atoms with Crippen molar-refractivity contribution in [3.63, 3.8) is 0 Å². The molecule has 1 amide bonds. The number of amides is 1. The minimum absolute atomic E-state index is 0.0313. The van der Waals surface area contributed by atoms with E-state index in [1.165, 1.54) is 0 Å². The molecule has 1 saturated heterocycles. The first kappa shape index (κ1) is 18.4. The highest BCUT2D eigenvalue weighted by molar-refractivity contribution is 7.17. The monoisotopic (exact) mass is 401 g/mol. The lowest BCUT2D eigenvalue weighted by molar-refractivity contribution is -0.119. The Morgan fingerprint density at radius 2 is 2.11 bits per heavy atom. The van der Waals surface area contributed by atoms with Gasteiger partial charge < -0.3 is 10.1 Å². The number of ether oxygens (including phenoxy) is 1. The van der Waals surface area contributed by atoms with E-state index < -0.39 is 0 Å².